The normalized spacial score (nSPS) is 47.6. The molecule has 2 rings (SSSR count). The first-order valence-corrected chi connectivity index (χ1v) is 5.83. The highest BCUT2D eigenvalue weighted by Crippen LogP contribution is 2.52. The predicted octanol–water partition coefficient (Wildman–Crippen LogP) is 1.43. The van der Waals surface area contributed by atoms with E-state index >= 15 is 0 Å². The number of rotatable bonds is 1. The third-order valence-corrected chi connectivity index (χ3v) is 3.95. The standard InChI is InChI=1S/C12H23NO2/c1-10(2)7-9(11(3,4)15-10)12(14)5-8(13)6-12/h8-9,14H,5-7,13H2,1-4H3. The number of hydrogen-bond donors (Lipinski definition) is 2. The summed E-state index contributed by atoms with van der Waals surface area (Å²) in [5.41, 5.74) is 4.83. The van der Waals surface area contributed by atoms with Crippen molar-refractivity contribution < 1.29 is 9.84 Å². The van der Waals surface area contributed by atoms with Gasteiger partial charge in [0.25, 0.3) is 0 Å². The molecule has 2 aliphatic rings. The van der Waals surface area contributed by atoms with Crippen LogP contribution in [0.5, 0.6) is 0 Å². The Morgan fingerprint density at radius 2 is 1.67 bits per heavy atom. The highest BCUT2D eigenvalue weighted by Gasteiger charge is 2.58. The Balaban J connectivity index is 2.16. The summed E-state index contributed by atoms with van der Waals surface area (Å²) in [6.07, 6.45) is 2.37. The monoisotopic (exact) mass is 213 g/mol. The summed E-state index contributed by atoms with van der Waals surface area (Å²) >= 11 is 0. The average Bonchev–Trinajstić information content (AvgIpc) is 2.16. The minimum atomic E-state index is -0.587. The maximum Gasteiger partial charge on any atom is 0.0733 e. The van der Waals surface area contributed by atoms with Crippen molar-refractivity contribution in [3.05, 3.63) is 0 Å². The summed E-state index contributed by atoms with van der Waals surface area (Å²) in [7, 11) is 0. The summed E-state index contributed by atoms with van der Waals surface area (Å²) in [4.78, 5) is 0. The molecular weight excluding hydrogens is 190 g/mol. The molecule has 1 aliphatic heterocycles. The summed E-state index contributed by atoms with van der Waals surface area (Å²) in [5, 5.41) is 10.5. The molecule has 0 aromatic heterocycles. The molecule has 3 N–H and O–H groups in total. The van der Waals surface area contributed by atoms with Crippen LogP contribution in [-0.2, 0) is 4.74 Å². The lowest BCUT2D eigenvalue weighted by atomic mass is 9.62. The van der Waals surface area contributed by atoms with Crippen LogP contribution in [-0.4, -0.2) is 28.0 Å². The van der Waals surface area contributed by atoms with E-state index in [9.17, 15) is 5.11 Å². The summed E-state index contributed by atoms with van der Waals surface area (Å²) in [6, 6.07) is 0.175. The summed E-state index contributed by atoms with van der Waals surface area (Å²) in [5.74, 6) is 0.208. The van der Waals surface area contributed by atoms with Gasteiger partial charge < -0.3 is 15.6 Å². The van der Waals surface area contributed by atoms with Crippen LogP contribution in [0.3, 0.4) is 0 Å². The van der Waals surface area contributed by atoms with Crippen molar-refractivity contribution in [1.82, 2.24) is 0 Å². The highest BCUT2D eigenvalue weighted by molar-refractivity contribution is 5.10. The minimum absolute atomic E-state index is 0.121. The zero-order valence-corrected chi connectivity index (χ0v) is 10.2. The largest absolute Gasteiger partial charge is 0.389 e. The molecule has 15 heavy (non-hydrogen) atoms. The van der Waals surface area contributed by atoms with Crippen molar-refractivity contribution in [1.29, 1.82) is 0 Å². The van der Waals surface area contributed by atoms with E-state index in [4.69, 9.17) is 10.5 Å². The Morgan fingerprint density at radius 3 is 2.00 bits per heavy atom. The van der Waals surface area contributed by atoms with Gasteiger partial charge in [-0.25, -0.2) is 0 Å². The third kappa shape index (κ3) is 1.81. The van der Waals surface area contributed by atoms with Gasteiger partial charge in [0.2, 0.25) is 0 Å². The molecular formula is C12H23NO2. The molecule has 0 radical (unpaired) electrons. The summed E-state index contributed by atoms with van der Waals surface area (Å²) in [6.45, 7) is 8.34. The molecule has 1 saturated heterocycles. The molecule has 0 aromatic carbocycles. The fourth-order valence-corrected chi connectivity index (χ4v) is 3.53. The molecule has 2 fully saturated rings. The van der Waals surface area contributed by atoms with Gasteiger partial charge in [-0.2, -0.15) is 0 Å². The van der Waals surface area contributed by atoms with Gasteiger partial charge in [0, 0.05) is 12.0 Å². The topological polar surface area (TPSA) is 55.5 Å². The van der Waals surface area contributed by atoms with Crippen molar-refractivity contribution in [3.8, 4) is 0 Å². The van der Waals surface area contributed by atoms with E-state index in [2.05, 4.69) is 27.7 Å². The Bertz CT molecular complexity index is 267. The van der Waals surface area contributed by atoms with Crippen LogP contribution in [0.2, 0.25) is 0 Å². The zero-order valence-electron chi connectivity index (χ0n) is 10.2. The van der Waals surface area contributed by atoms with Crippen LogP contribution in [0.15, 0.2) is 0 Å². The number of nitrogens with two attached hydrogens (primary N) is 1. The Hall–Kier alpha value is -0.120. The van der Waals surface area contributed by atoms with Crippen LogP contribution in [0.4, 0.5) is 0 Å². The fraction of sp³-hybridized carbons (Fsp3) is 1.00. The van der Waals surface area contributed by atoms with E-state index in [1.165, 1.54) is 0 Å². The van der Waals surface area contributed by atoms with Crippen molar-refractivity contribution in [2.24, 2.45) is 11.7 Å². The van der Waals surface area contributed by atoms with E-state index in [1.807, 2.05) is 0 Å². The molecule has 88 valence electrons. The lowest BCUT2D eigenvalue weighted by molar-refractivity contribution is -0.146. The Labute approximate surface area is 92.0 Å². The minimum Gasteiger partial charge on any atom is -0.389 e. The van der Waals surface area contributed by atoms with Crippen molar-refractivity contribution in [2.75, 3.05) is 0 Å². The number of hydrogen-bond acceptors (Lipinski definition) is 3. The van der Waals surface area contributed by atoms with E-state index in [0.717, 1.165) is 19.3 Å². The van der Waals surface area contributed by atoms with E-state index in [1.54, 1.807) is 0 Å². The molecule has 1 unspecified atom stereocenters. The third-order valence-electron chi connectivity index (χ3n) is 3.95. The van der Waals surface area contributed by atoms with E-state index < -0.39 is 5.60 Å². The first-order chi connectivity index (χ1) is 6.65. The second kappa shape index (κ2) is 2.96. The molecule has 0 amide bonds. The first kappa shape index (κ1) is 11.4. The van der Waals surface area contributed by atoms with Gasteiger partial charge in [-0.05, 0) is 47.0 Å². The highest BCUT2D eigenvalue weighted by atomic mass is 16.5. The van der Waals surface area contributed by atoms with Gasteiger partial charge in [0.05, 0.1) is 16.8 Å². The van der Waals surface area contributed by atoms with Crippen molar-refractivity contribution in [2.45, 2.75) is 69.8 Å². The lowest BCUT2D eigenvalue weighted by Crippen LogP contribution is -2.59. The number of ether oxygens (including phenoxy) is 1. The maximum atomic E-state index is 10.5. The van der Waals surface area contributed by atoms with Crippen LogP contribution in [0.25, 0.3) is 0 Å². The molecule has 1 heterocycles. The summed E-state index contributed by atoms with van der Waals surface area (Å²) < 4.78 is 6.01. The Kier molecular flexibility index (Phi) is 2.25. The quantitative estimate of drug-likeness (QED) is 0.693. The maximum absolute atomic E-state index is 10.5. The molecule has 1 aliphatic carbocycles. The van der Waals surface area contributed by atoms with Gasteiger partial charge in [-0.15, -0.1) is 0 Å². The molecule has 3 nitrogen and oxygen atoms in total. The smallest absolute Gasteiger partial charge is 0.0733 e. The molecule has 1 saturated carbocycles. The van der Waals surface area contributed by atoms with Crippen LogP contribution >= 0.6 is 0 Å². The van der Waals surface area contributed by atoms with Gasteiger partial charge in [0.1, 0.15) is 0 Å². The van der Waals surface area contributed by atoms with E-state index in [-0.39, 0.29) is 23.2 Å². The molecule has 1 atom stereocenters. The first-order valence-electron chi connectivity index (χ1n) is 5.83. The van der Waals surface area contributed by atoms with Crippen molar-refractivity contribution in [3.63, 3.8) is 0 Å². The van der Waals surface area contributed by atoms with E-state index in [0.29, 0.717) is 0 Å². The second-order valence-corrected chi connectivity index (χ2v) is 6.49. The zero-order chi connectivity index (χ0) is 11.5. The number of aliphatic hydroxyl groups is 1. The lowest BCUT2D eigenvalue weighted by Gasteiger charge is -2.49. The SMILES string of the molecule is CC1(C)CC(C2(O)CC(N)C2)C(C)(C)O1. The second-order valence-electron chi connectivity index (χ2n) is 6.49. The van der Waals surface area contributed by atoms with Gasteiger partial charge in [0.15, 0.2) is 0 Å². The van der Waals surface area contributed by atoms with Crippen LogP contribution in [0.1, 0.15) is 47.0 Å². The molecule has 3 heteroatoms. The van der Waals surface area contributed by atoms with Crippen molar-refractivity contribution >= 4 is 0 Å². The molecule has 0 bridgehead atoms. The van der Waals surface area contributed by atoms with Gasteiger partial charge >= 0.3 is 0 Å². The fourth-order valence-electron chi connectivity index (χ4n) is 3.53. The predicted molar refractivity (Wildman–Crippen MR) is 59.5 cm³/mol. The van der Waals surface area contributed by atoms with Gasteiger partial charge in [-0.3, -0.25) is 0 Å². The van der Waals surface area contributed by atoms with Gasteiger partial charge in [-0.1, -0.05) is 0 Å². The van der Waals surface area contributed by atoms with Crippen LogP contribution < -0.4 is 5.73 Å². The molecule has 0 aromatic rings. The Morgan fingerprint density at radius 1 is 1.13 bits per heavy atom. The molecule has 0 spiro atoms. The average molecular weight is 213 g/mol. The van der Waals surface area contributed by atoms with Crippen LogP contribution in [0, 0.1) is 5.92 Å².